The van der Waals surface area contributed by atoms with E-state index in [1.54, 1.807) is 22.3 Å². The summed E-state index contributed by atoms with van der Waals surface area (Å²) in [6.07, 6.45) is 3.20. The Hall–Kier alpha value is -1.82. The lowest BCUT2D eigenvalue weighted by atomic mass is 10.1. The lowest BCUT2D eigenvalue weighted by Gasteiger charge is -2.31. The highest BCUT2D eigenvalue weighted by molar-refractivity contribution is 7.10. The summed E-state index contributed by atoms with van der Waals surface area (Å²) in [5.74, 6) is 0.0464. The van der Waals surface area contributed by atoms with Gasteiger partial charge in [0.05, 0.1) is 6.42 Å². The van der Waals surface area contributed by atoms with Crippen LogP contribution < -0.4 is 5.32 Å². The molecule has 2 heterocycles. The molecule has 114 valence electrons. The van der Waals surface area contributed by atoms with Crippen LogP contribution in [0, 0.1) is 0 Å². The lowest BCUT2D eigenvalue weighted by molar-refractivity contribution is -0.121. The maximum Gasteiger partial charge on any atom is 0.410 e. The van der Waals surface area contributed by atoms with Crippen molar-refractivity contribution in [3.63, 3.8) is 0 Å². The second-order valence-electron chi connectivity index (χ2n) is 4.95. The van der Waals surface area contributed by atoms with Crippen molar-refractivity contribution >= 4 is 23.3 Å². The molecule has 0 unspecified atom stereocenters. The van der Waals surface area contributed by atoms with Gasteiger partial charge in [-0.2, -0.15) is 0 Å². The maximum atomic E-state index is 11.9. The first-order valence-electron chi connectivity index (χ1n) is 7.03. The van der Waals surface area contributed by atoms with Crippen LogP contribution in [0.25, 0.3) is 0 Å². The van der Waals surface area contributed by atoms with Crippen LogP contribution in [-0.4, -0.2) is 42.6 Å². The van der Waals surface area contributed by atoms with Gasteiger partial charge in [0.15, 0.2) is 0 Å². The quantitative estimate of drug-likeness (QED) is 0.848. The van der Waals surface area contributed by atoms with Crippen molar-refractivity contribution in [2.75, 3.05) is 19.7 Å². The van der Waals surface area contributed by atoms with E-state index in [0.29, 0.717) is 19.5 Å². The summed E-state index contributed by atoms with van der Waals surface area (Å²) in [4.78, 5) is 26.3. The molecule has 6 heteroatoms. The molecule has 0 bridgehead atoms. The van der Waals surface area contributed by atoms with Crippen LogP contribution in [0.1, 0.15) is 17.7 Å². The minimum Gasteiger partial charge on any atom is -0.445 e. The summed E-state index contributed by atoms with van der Waals surface area (Å²) < 4.78 is 5.00. The molecule has 0 aliphatic carbocycles. The molecule has 1 aromatic heterocycles. The third-order valence-electron chi connectivity index (χ3n) is 3.36. The second kappa shape index (κ2) is 7.83. The minimum atomic E-state index is -0.307. The maximum absolute atomic E-state index is 11.9. The lowest BCUT2D eigenvalue weighted by Crippen LogP contribution is -2.47. The second-order valence-corrected chi connectivity index (χ2v) is 5.98. The molecule has 0 saturated carbocycles. The van der Waals surface area contributed by atoms with Crippen LogP contribution in [0.2, 0.25) is 0 Å². The van der Waals surface area contributed by atoms with E-state index >= 15 is 0 Å². The number of hydrogen-bond donors (Lipinski definition) is 1. The predicted molar refractivity (Wildman–Crippen MR) is 82.3 cm³/mol. The number of nitrogens with one attached hydrogen (secondary N) is 1. The first kappa shape index (κ1) is 15.6. The molecule has 1 aliphatic rings. The fraction of sp³-hybridized carbons (Fsp3) is 0.467. The number of amides is 2. The van der Waals surface area contributed by atoms with Crippen LogP contribution in [0.5, 0.6) is 0 Å². The smallest absolute Gasteiger partial charge is 0.410 e. The largest absolute Gasteiger partial charge is 0.445 e. The monoisotopic (exact) mass is 308 g/mol. The molecule has 1 fully saturated rings. The third kappa shape index (κ3) is 4.90. The van der Waals surface area contributed by atoms with Gasteiger partial charge in [-0.25, -0.2) is 4.79 Å². The van der Waals surface area contributed by atoms with Gasteiger partial charge in [0.25, 0.3) is 0 Å². The zero-order valence-corrected chi connectivity index (χ0v) is 12.7. The van der Waals surface area contributed by atoms with E-state index in [0.717, 1.165) is 17.7 Å². The molecule has 1 saturated heterocycles. The zero-order valence-electron chi connectivity index (χ0n) is 11.9. The first-order chi connectivity index (χ1) is 10.2. The Bertz CT molecular complexity index is 479. The summed E-state index contributed by atoms with van der Waals surface area (Å²) in [7, 11) is 0. The number of piperidine rings is 1. The van der Waals surface area contributed by atoms with Crippen LogP contribution in [0.15, 0.2) is 30.2 Å². The van der Waals surface area contributed by atoms with E-state index in [9.17, 15) is 9.59 Å². The average molecular weight is 308 g/mol. The molecule has 1 aliphatic heterocycles. The summed E-state index contributed by atoms with van der Waals surface area (Å²) >= 11 is 1.59. The number of hydrogen-bond acceptors (Lipinski definition) is 4. The number of thiophene rings is 1. The number of carbonyl (C=O) groups excluding carboxylic acids is 2. The van der Waals surface area contributed by atoms with Gasteiger partial charge in [-0.3, -0.25) is 4.79 Å². The van der Waals surface area contributed by atoms with Crippen LogP contribution >= 0.6 is 11.3 Å². The Kier molecular flexibility index (Phi) is 5.80. The zero-order chi connectivity index (χ0) is 15.1. The molecule has 21 heavy (non-hydrogen) atoms. The number of likely N-dealkylation sites (tertiary alicyclic amines) is 1. The molecular formula is C15H20N2O3S. The van der Waals surface area contributed by atoms with Crippen molar-refractivity contribution < 1.29 is 14.3 Å². The molecule has 2 rings (SSSR count). The Balaban J connectivity index is 1.70. The summed E-state index contributed by atoms with van der Waals surface area (Å²) in [5, 5.41) is 5.00. The highest BCUT2D eigenvalue weighted by Gasteiger charge is 2.24. The number of rotatable bonds is 5. The van der Waals surface area contributed by atoms with E-state index in [4.69, 9.17) is 4.74 Å². The van der Waals surface area contributed by atoms with Gasteiger partial charge in [-0.15, -0.1) is 11.3 Å². The number of carbonyl (C=O) groups is 2. The molecule has 0 spiro atoms. The summed E-state index contributed by atoms with van der Waals surface area (Å²) in [5.41, 5.74) is 0. The SMILES string of the molecule is C=CCOC(=O)N1CCC(NC(=O)Cc2cccs2)CC1. The van der Waals surface area contributed by atoms with Crippen molar-refractivity contribution in [3.05, 3.63) is 35.0 Å². The fourth-order valence-corrected chi connectivity index (χ4v) is 2.98. The van der Waals surface area contributed by atoms with E-state index in [2.05, 4.69) is 11.9 Å². The molecule has 2 amide bonds. The first-order valence-corrected chi connectivity index (χ1v) is 7.91. The van der Waals surface area contributed by atoms with Crippen LogP contribution in [-0.2, 0) is 16.0 Å². The predicted octanol–water partition coefficient (Wildman–Crippen LogP) is 2.19. The van der Waals surface area contributed by atoms with Crippen molar-refractivity contribution in [2.45, 2.75) is 25.3 Å². The van der Waals surface area contributed by atoms with Crippen molar-refractivity contribution in [1.29, 1.82) is 0 Å². The van der Waals surface area contributed by atoms with Gasteiger partial charge in [-0.05, 0) is 24.3 Å². The standard InChI is InChI=1S/C15H20N2O3S/c1-2-9-20-15(19)17-7-5-12(6-8-17)16-14(18)11-13-4-3-10-21-13/h2-4,10,12H,1,5-9,11H2,(H,16,18). The van der Waals surface area contributed by atoms with E-state index in [-0.39, 0.29) is 24.6 Å². The average Bonchev–Trinajstić information content (AvgIpc) is 2.98. The van der Waals surface area contributed by atoms with Crippen molar-refractivity contribution in [2.24, 2.45) is 0 Å². The van der Waals surface area contributed by atoms with Gasteiger partial charge >= 0.3 is 6.09 Å². The van der Waals surface area contributed by atoms with E-state index in [1.807, 2.05) is 17.5 Å². The fourth-order valence-electron chi connectivity index (χ4n) is 2.28. The molecule has 5 nitrogen and oxygen atoms in total. The Labute approximate surface area is 128 Å². The van der Waals surface area contributed by atoms with Gasteiger partial charge in [0, 0.05) is 24.0 Å². The van der Waals surface area contributed by atoms with Gasteiger partial charge in [-0.1, -0.05) is 18.7 Å². The summed E-state index contributed by atoms with van der Waals surface area (Å²) in [6.45, 7) is 4.97. The van der Waals surface area contributed by atoms with Gasteiger partial charge in [0.2, 0.25) is 5.91 Å². The molecule has 0 radical (unpaired) electrons. The van der Waals surface area contributed by atoms with Gasteiger partial charge < -0.3 is 15.0 Å². The molecular weight excluding hydrogens is 288 g/mol. The minimum absolute atomic E-state index is 0.0464. The van der Waals surface area contributed by atoms with Crippen LogP contribution in [0.3, 0.4) is 0 Å². The topological polar surface area (TPSA) is 58.6 Å². The Morgan fingerprint density at radius 1 is 1.48 bits per heavy atom. The normalized spacial score (nSPS) is 15.5. The van der Waals surface area contributed by atoms with E-state index in [1.165, 1.54) is 0 Å². The van der Waals surface area contributed by atoms with E-state index < -0.39 is 0 Å². The Morgan fingerprint density at radius 2 is 2.24 bits per heavy atom. The number of nitrogens with zero attached hydrogens (tertiary/aromatic N) is 1. The molecule has 1 aromatic rings. The van der Waals surface area contributed by atoms with Crippen LogP contribution in [0.4, 0.5) is 4.79 Å². The molecule has 0 aromatic carbocycles. The third-order valence-corrected chi connectivity index (χ3v) is 4.23. The summed E-state index contributed by atoms with van der Waals surface area (Å²) in [6, 6.07) is 4.05. The molecule has 1 N–H and O–H groups in total. The number of ether oxygens (including phenoxy) is 1. The molecule has 0 atom stereocenters. The highest BCUT2D eigenvalue weighted by Crippen LogP contribution is 2.13. The Morgan fingerprint density at radius 3 is 2.86 bits per heavy atom. The van der Waals surface area contributed by atoms with Crippen molar-refractivity contribution in [1.82, 2.24) is 10.2 Å². The highest BCUT2D eigenvalue weighted by atomic mass is 32.1. The van der Waals surface area contributed by atoms with Gasteiger partial charge in [0.1, 0.15) is 6.61 Å². The van der Waals surface area contributed by atoms with Crippen molar-refractivity contribution in [3.8, 4) is 0 Å².